The van der Waals surface area contributed by atoms with Crippen LogP contribution in [0.25, 0.3) is 10.2 Å². The van der Waals surface area contributed by atoms with Crippen molar-refractivity contribution in [2.75, 3.05) is 19.8 Å². The van der Waals surface area contributed by atoms with Crippen molar-refractivity contribution in [2.24, 2.45) is 0 Å². The lowest BCUT2D eigenvalue weighted by Crippen LogP contribution is -2.26. The van der Waals surface area contributed by atoms with Crippen LogP contribution >= 0.6 is 27.5 Å². The molecule has 10 heteroatoms. The van der Waals surface area contributed by atoms with E-state index < -0.39 is 43.3 Å². The van der Waals surface area contributed by atoms with Gasteiger partial charge < -0.3 is 14.9 Å². The minimum Gasteiger partial charge on any atom is -0.394 e. The summed E-state index contributed by atoms with van der Waals surface area (Å²) in [6.07, 6.45) is -1.09. The number of benzene rings is 2. The van der Waals surface area contributed by atoms with Gasteiger partial charge in [-0.05, 0) is 35.3 Å². The number of aliphatic hydroxyl groups excluding tert-OH is 2. The molecule has 6 nitrogen and oxygen atoms in total. The van der Waals surface area contributed by atoms with Gasteiger partial charge in [0.2, 0.25) is 0 Å². The van der Waals surface area contributed by atoms with Gasteiger partial charge in [0.25, 0.3) is 0 Å². The first-order chi connectivity index (χ1) is 13.4. The fraction of sp³-hybridized carbons (Fsp3) is 0.278. The first kappa shape index (κ1) is 20.9. The second-order valence-corrected chi connectivity index (χ2v) is 7.67. The van der Waals surface area contributed by atoms with Gasteiger partial charge in [-0.2, -0.15) is 0 Å². The van der Waals surface area contributed by atoms with Crippen LogP contribution in [0.15, 0.2) is 28.7 Å². The third-order valence-corrected chi connectivity index (χ3v) is 5.29. The van der Waals surface area contributed by atoms with Crippen LogP contribution in [0, 0.1) is 11.6 Å². The van der Waals surface area contributed by atoms with Crippen LogP contribution in [0.5, 0.6) is 0 Å². The van der Waals surface area contributed by atoms with Crippen LogP contribution in [-0.2, 0) is 11.2 Å². The number of carbonyl (C=O) groups is 1. The first-order valence-corrected chi connectivity index (χ1v) is 9.75. The predicted octanol–water partition coefficient (Wildman–Crippen LogP) is 2.88. The molecule has 0 aliphatic heterocycles. The molecule has 0 spiro atoms. The van der Waals surface area contributed by atoms with Crippen LogP contribution in [0.3, 0.4) is 0 Å². The van der Waals surface area contributed by atoms with E-state index in [4.69, 9.17) is 14.9 Å². The summed E-state index contributed by atoms with van der Waals surface area (Å²) in [5.74, 6) is -1.84. The number of aliphatic hydroxyl groups is 2. The number of aromatic nitrogens is 2. The Balaban J connectivity index is 2.00. The summed E-state index contributed by atoms with van der Waals surface area (Å²) >= 11 is 4.10. The second-order valence-electron chi connectivity index (χ2n) is 5.97. The normalized spacial score (nSPS) is 11.5. The van der Waals surface area contributed by atoms with Crippen molar-refractivity contribution in [3.8, 4) is 0 Å². The predicted molar refractivity (Wildman–Crippen MR) is 103 cm³/mol. The van der Waals surface area contributed by atoms with Crippen LogP contribution in [0.1, 0.15) is 21.5 Å². The summed E-state index contributed by atoms with van der Waals surface area (Å²) < 4.78 is 39.1. The van der Waals surface area contributed by atoms with Gasteiger partial charge in [-0.25, -0.2) is 8.78 Å². The highest BCUT2D eigenvalue weighted by Crippen LogP contribution is 2.29. The van der Waals surface area contributed by atoms with E-state index in [1.54, 1.807) is 6.07 Å². The zero-order valence-electron chi connectivity index (χ0n) is 14.4. The van der Waals surface area contributed by atoms with Crippen LogP contribution in [0.4, 0.5) is 8.78 Å². The fourth-order valence-electron chi connectivity index (χ4n) is 2.64. The van der Waals surface area contributed by atoms with E-state index >= 15 is 4.39 Å². The standard InChI is InChI=1S/C18H15BrF2N2O4S/c19-10-2-1-9(14(20)4-10)3-13-12(15(26)8-27-11(6-24)7-25)5-16-18(17(13)21)22-23-28-16/h1-2,4-5,11,24-25H,3,6-8H2. The number of rotatable bonds is 8. The number of nitrogens with zero attached hydrogens (tertiary/aromatic N) is 2. The topological polar surface area (TPSA) is 92.5 Å². The van der Waals surface area contributed by atoms with Gasteiger partial charge in [-0.3, -0.25) is 4.79 Å². The molecule has 148 valence electrons. The number of ether oxygens (including phenoxy) is 1. The zero-order valence-corrected chi connectivity index (χ0v) is 16.8. The highest BCUT2D eigenvalue weighted by molar-refractivity contribution is 9.10. The zero-order chi connectivity index (χ0) is 20.3. The minimum atomic E-state index is -0.921. The SMILES string of the molecule is O=C(COC(CO)CO)c1cc2snnc2c(F)c1Cc1ccc(Br)cc1F. The molecule has 0 fully saturated rings. The fourth-order valence-corrected chi connectivity index (χ4v) is 3.57. The van der Waals surface area contributed by atoms with Crippen molar-refractivity contribution in [3.63, 3.8) is 0 Å². The maximum atomic E-state index is 15.1. The van der Waals surface area contributed by atoms with E-state index in [0.29, 0.717) is 9.17 Å². The Kier molecular flexibility index (Phi) is 6.78. The molecule has 0 saturated carbocycles. The molecule has 0 radical (unpaired) electrons. The van der Waals surface area contributed by atoms with E-state index in [1.807, 2.05) is 0 Å². The van der Waals surface area contributed by atoms with Gasteiger partial charge in [-0.1, -0.05) is 26.5 Å². The van der Waals surface area contributed by atoms with E-state index in [0.717, 1.165) is 11.5 Å². The Bertz CT molecular complexity index is 1010. The lowest BCUT2D eigenvalue weighted by molar-refractivity contribution is -0.0132. The third-order valence-electron chi connectivity index (χ3n) is 4.13. The molecule has 2 aromatic carbocycles. The monoisotopic (exact) mass is 472 g/mol. The van der Waals surface area contributed by atoms with Crippen LogP contribution in [0.2, 0.25) is 0 Å². The maximum Gasteiger partial charge on any atom is 0.188 e. The molecule has 3 rings (SSSR count). The molecule has 0 unspecified atom stereocenters. The molecule has 0 saturated heterocycles. The summed E-state index contributed by atoms with van der Waals surface area (Å²) in [6, 6.07) is 5.83. The molecule has 2 N–H and O–H groups in total. The summed E-state index contributed by atoms with van der Waals surface area (Å²) in [4.78, 5) is 12.7. The average Bonchev–Trinajstić information content (AvgIpc) is 3.15. The van der Waals surface area contributed by atoms with E-state index in [1.165, 1.54) is 18.2 Å². The number of hydrogen-bond acceptors (Lipinski definition) is 7. The number of hydrogen-bond donors (Lipinski definition) is 2. The summed E-state index contributed by atoms with van der Waals surface area (Å²) in [7, 11) is 0. The molecular formula is C18H15BrF2N2O4S. The summed E-state index contributed by atoms with van der Waals surface area (Å²) in [6.45, 7) is -1.40. The molecule has 0 aliphatic rings. The van der Waals surface area contributed by atoms with Crippen LogP contribution in [-0.4, -0.2) is 51.5 Å². The smallest absolute Gasteiger partial charge is 0.188 e. The van der Waals surface area contributed by atoms with Crippen molar-refractivity contribution in [2.45, 2.75) is 12.5 Å². The average molecular weight is 473 g/mol. The van der Waals surface area contributed by atoms with Crippen molar-refractivity contribution in [1.82, 2.24) is 9.59 Å². The second kappa shape index (κ2) is 9.10. The molecule has 0 aliphatic carbocycles. The molecule has 28 heavy (non-hydrogen) atoms. The van der Waals surface area contributed by atoms with E-state index in [-0.39, 0.29) is 28.6 Å². The van der Waals surface area contributed by atoms with Gasteiger partial charge in [-0.15, -0.1) is 5.10 Å². The Morgan fingerprint density at radius 3 is 2.68 bits per heavy atom. The number of halogens is 3. The Hall–Kier alpha value is -1.85. The first-order valence-electron chi connectivity index (χ1n) is 8.18. The number of carbonyl (C=O) groups excluding carboxylic acids is 1. The Morgan fingerprint density at radius 2 is 2.00 bits per heavy atom. The quantitative estimate of drug-likeness (QED) is 0.489. The number of ketones is 1. The largest absolute Gasteiger partial charge is 0.394 e. The van der Waals surface area contributed by atoms with Gasteiger partial charge in [0.1, 0.15) is 24.0 Å². The highest BCUT2D eigenvalue weighted by atomic mass is 79.9. The lowest BCUT2D eigenvalue weighted by Gasteiger charge is -2.14. The Labute approximate surface area is 171 Å². The molecule has 0 bridgehead atoms. The summed E-state index contributed by atoms with van der Waals surface area (Å²) in [5.41, 5.74) is 0.231. The van der Waals surface area contributed by atoms with Crippen molar-refractivity contribution < 1.29 is 28.5 Å². The van der Waals surface area contributed by atoms with Crippen molar-refractivity contribution in [3.05, 3.63) is 57.1 Å². The molecule has 1 aromatic heterocycles. The van der Waals surface area contributed by atoms with E-state index in [9.17, 15) is 9.18 Å². The third kappa shape index (κ3) is 4.41. The summed E-state index contributed by atoms with van der Waals surface area (Å²) in [5, 5.41) is 21.8. The van der Waals surface area contributed by atoms with Crippen molar-refractivity contribution >= 4 is 43.5 Å². The lowest BCUT2D eigenvalue weighted by atomic mass is 9.96. The molecule has 0 amide bonds. The molecule has 0 atom stereocenters. The number of Topliss-reactive ketones (excluding diaryl/α,β-unsaturated/α-hetero) is 1. The van der Waals surface area contributed by atoms with Crippen molar-refractivity contribution in [1.29, 1.82) is 0 Å². The van der Waals surface area contributed by atoms with Crippen LogP contribution < -0.4 is 0 Å². The minimum absolute atomic E-state index is 0.0126. The number of fused-ring (bicyclic) bond motifs is 1. The maximum absolute atomic E-state index is 15.1. The van der Waals surface area contributed by atoms with Gasteiger partial charge in [0, 0.05) is 22.0 Å². The molecule has 3 aromatic rings. The van der Waals surface area contributed by atoms with E-state index in [2.05, 4.69) is 25.5 Å². The van der Waals surface area contributed by atoms with Gasteiger partial charge in [0.05, 0.1) is 17.9 Å². The van der Waals surface area contributed by atoms with Gasteiger partial charge >= 0.3 is 0 Å². The molecule has 1 heterocycles. The van der Waals surface area contributed by atoms with Gasteiger partial charge in [0.15, 0.2) is 11.6 Å². The Morgan fingerprint density at radius 1 is 1.25 bits per heavy atom. The molecular weight excluding hydrogens is 458 g/mol. The highest BCUT2D eigenvalue weighted by Gasteiger charge is 2.23.